The highest BCUT2D eigenvalue weighted by Gasteiger charge is 2.33. The fourth-order valence-corrected chi connectivity index (χ4v) is 5.77. The summed E-state index contributed by atoms with van der Waals surface area (Å²) in [4.78, 5) is 12.7. The predicted octanol–water partition coefficient (Wildman–Crippen LogP) is 1.60. The third kappa shape index (κ3) is 4.03. The first-order valence-corrected chi connectivity index (χ1v) is 12.0. The lowest BCUT2D eigenvalue weighted by atomic mass is 9.99. The van der Waals surface area contributed by atoms with Crippen molar-refractivity contribution in [2.75, 3.05) is 26.2 Å². The Kier molecular flexibility index (Phi) is 6.07. The summed E-state index contributed by atoms with van der Waals surface area (Å²) in [7, 11) is -3.92. The van der Waals surface area contributed by atoms with Crippen molar-refractivity contribution in [3.05, 3.63) is 69.3 Å². The predicted molar refractivity (Wildman–Crippen MR) is 118 cm³/mol. The van der Waals surface area contributed by atoms with E-state index in [0.29, 0.717) is 37.2 Å². The van der Waals surface area contributed by atoms with Crippen molar-refractivity contribution in [1.82, 2.24) is 4.31 Å². The van der Waals surface area contributed by atoms with Gasteiger partial charge in [-0.25, -0.2) is 17.6 Å². The van der Waals surface area contributed by atoms with Crippen LogP contribution in [0.1, 0.15) is 23.6 Å². The lowest BCUT2D eigenvalue weighted by molar-refractivity contribution is -0.917. The lowest BCUT2D eigenvalue weighted by Gasteiger charge is -2.31. The highest BCUT2D eigenvalue weighted by molar-refractivity contribution is 7.89. The van der Waals surface area contributed by atoms with Gasteiger partial charge in [0.1, 0.15) is 23.0 Å². The molecule has 0 unspecified atom stereocenters. The maximum Gasteiger partial charge on any atom is 0.336 e. The molecule has 0 saturated carbocycles. The van der Waals surface area contributed by atoms with Crippen molar-refractivity contribution >= 4 is 21.0 Å². The number of piperazine rings is 1. The molecule has 0 bridgehead atoms. The van der Waals surface area contributed by atoms with E-state index in [4.69, 9.17) is 4.42 Å². The van der Waals surface area contributed by atoms with Crippen LogP contribution >= 0.6 is 0 Å². The number of quaternary nitrogens is 1. The molecule has 0 amide bonds. The van der Waals surface area contributed by atoms with Crippen LogP contribution in [0.15, 0.2) is 50.5 Å². The Morgan fingerprint density at radius 1 is 1.19 bits per heavy atom. The summed E-state index contributed by atoms with van der Waals surface area (Å²) in [5.41, 5.74) is 2.00. The molecule has 1 aromatic heterocycles. The average Bonchev–Trinajstić information content (AvgIpc) is 2.76. The summed E-state index contributed by atoms with van der Waals surface area (Å²) in [5.74, 6) is -0.650. The normalized spacial score (nSPS) is 16.0. The van der Waals surface area contributed by atoms with Crippen LogP contribution < -0.4 is 10.5 Å². The molecular formula is C23H26FN2O5S+. The smallest absolute Gasteiger partial charge is 0.336 e. The van der Waals surface area contributed by atoms with Gasteiger partial charge in [-0.1, -0.05) is 19.1 Å². The van der Waals surface area contributed by atoms with Crippen LogP contribution in [-0.4, -0.2) is 44.0 Å². The molecule has 4 rings (SSSR count). The van der Waals surface area contributed by atoms with Crippen molar-refractivity contribution < 1.29 is 27.2 Å². The van der Waals surface area contributed by atoms with Gasteiger partial charge >= 0.3 is 5.63 Å². The summed E-state index contributed by atoms with van der Waals surface area (Å²) in [6.07, 6.45) is 0.622. The SMILES string of the molecule is CCc1cc2c(C)cc(=O)oc2c(C[NH+]2CCN(S(=O)(=O)c3ccccc3F)CC2)c1O. The summed E-state index contributed by atoms with van der Waals surface area (Å²) in [6.45, 7) is 5.55. The number of halogens is 1. The van der Waals surface area contributed by atoms with Gasteiger partial charge in [0.2, 0.25) is 10.0 Å². The third-order valence-electron chi connectivity index (χ3n) is 6.08. The molecule has 1 fully saturated rings. The summed E-state index contributed by atoms with van der Waals surface area (Å²) in [6, 6.07) is 8.65. The molecule has 1 aliphatic rings. The number of aromatic hydroxyl groups is 1. The molecular weight excluding hydrogens is 435 g/mol. The first-order chi connectivity index (χ1) is 15.2. The van der Waals surface area contributed by atoms with E-state index in [9.17, 15) is 22.7 Å². The Bertz CT molecular complexity index is 1330. The fourth-order valence-electron chi connectivity index (χ4n) is 4.26. The summed E-state index contributed by atoms with van der Waals surface area (Å²) >= 11 is 0. The van der Waals surface area contributed by atoms with Gasteiger partial charge in [0, 0.05) is 11.5 Å². The Morgan fingerprint density at radius 3 is 2.53 bits per heavy atom. The van der Waals surface area contributed by atoms with Crippen LogP contribution in [-0.2, 0) is 23.0 Å². The number of hydrogen-bond acceptors (Lipinski definition) is 5. The van der Waals surface area contributed by atoms with Gasteiger partial charge in [0.25, 0.3) is 0 Å². The summed E-state index contributed by atoms with van der Waals surface area (Å²) < 4.78 is 46.5. The van der Waals surface area contributed by atoms with Crippen LogP contribution in [0.5, 0.6) is 5.75 Å². The van der Waals surface area contributed by atoms with Crippen LogP contribution in [0.25, 0.3) is 11.0 Å². The molecule has 2 aromatic carbocycles. The zero-order valence-corrected chi connectivity index (χ0v) is 18.8. The molecule has 170 valence electrons. The lowest BCUT2D eigenvalue weighted by Crippen LogP contribution is -3.13. The third-order valence-corrected chi connectivity index (χ3v) is 8.01. The molecule has 0 radical (unpaired) electrons. The van der Waals surface area contributed by atoms with E-state index in [-0.39, 0.29) is 23.7 Å². The van der Waals surface area contributed by atoms with Gasteiger partial charge in [-0.05, 0) is 42.7 Å². The minimum atomic E-state index is -3.92. The number of phenolic OH excluding ortho intramolecular Hbond substituents is 1. The van der Waals surface area contributed by atoms with Crippen molar-refractivity contribution in [2.24, 2.45) is 0 Å². The van der Waals surface area contributed by atoms with Crippen LogP contribution in [0.3, 0.4) is 0 Å². The Morgan fingerprint density at radius 2 is 1.88 bits per heavy atom. The molecule has 2 N–H and O–H groups in total. The monoisotopic (exact) mass is 461 g/mol. The second-order valence-electron chi connectivity index (χ2n) is 8.10. The minimum absolute atomic E-state index is 0.114. The largest absolute Gasteiger partial charge is 0.507 e. The Hall–Kier alpha value is -2.75. The topological polar surface area (TPSA) is 92.3 Å². The van der Waals surface area contributed by atoms with E-state index in [2.05, 4.69) is 0 Å². The van der Waals surface area contributed by atoms with Gasteiger partial charge in [0.05, 0.1) is 31.7 Å². The van der Waals surface area contributed by atoms with Crippen molar-refractivity contribution in [2.45, 2.75) is 31.7 Å². The zero-order chi connectivity index (χ0) is 23.0. The average molecular weight is 462 g/mol. The highest BCUT2D eigenvalue weighted by atomic mass is 32.2. The molecule has 0 spiro atoms. The number of nitrogens with one attached hydrogen (secondary N) is 1. The van der Waals surface area contributed by atoms with Gasteiger partial charge in [0.15, 0.2) is 5.58 Å². The molecule has 0 aliphatic carbocycles. The fraction of sp³-hybridized carbons (Fsp3) is 0.348. The van der Waals surface area contributed by atoms with Crippen molar-refractivity contribution in [3.8, 4) is 5.75 Å². The molecule has 32 heavy (non-hydrogen) atoms. The number of aryl methyl sites for hydroxylation is 2. The van der Waals surface area contributed by atoms with E-state index in [1.807, 2.05) is 19.9 Å². The first kappa shape index (κ1) is 22.4. The van der Waals surface area contributed by atoms with E-state index in [0.717, 1.165) is 27.5 Å². The molecule has 3 aromatic rings. The van der Waals surface area contributed by atoms with Gasteiger partial charge in [-0.15, -0.1) is 0 Å². The van der Waals surface area contributed by atoms with Crippen LogP contribution in [0.2, 0.25) is 0 Å². The molecule has 2 heterocycles. The number of sulfonamides is 1. The molecule has 7 nitrogen and oxygen atoms in total. The molecule has 1 saturated heterocycles. The first-order valence-electron chi connectivity index (χ1n) is 10.6. The van der Waals surface area contributed by atoms with Crippen molar-refractivity contribution in [3.63, 3.8) is 0 Å². The van der Waals surface area contributed by atoms with E-state index in [1.165, 1.54) is 28.6 Å². The summed E-state index contributed by atoms with van der Waals surface area (Å²) in [5, 5.41) is 11.6. The van der Waals surface area contributed by atoms with Crippen molar-refractivity contribution in [1.29, 1.82) is 0 Å². The Labute approximate surface area is 185 Å². The molecule has 0 atom stereocenters. The highest BCUT2D eigenvalue weighted by Crippen LogP contribution is 2.32. The standard InChI is InChI=1S/C23H25FN2O5S/c1-3-16-13-17-15(2)12-21(27)31-23(17)18(22(16)28)14-25-8-10-26(11-9-25)32(29,30)20-7-5-4-6-19(20)24/h4-7,12-13,28H,3,8-11,14H2,1-2H3/p+1. The number of fused-ring (bicyclic) bond motifs is 1. The molecule has 9 heteroatoms. The number of benzene rings is 2. The quantitative estimate of drug-likeness (QED) is 0.563. The molecule has 1 aliphatic heterocycles. The second-order valence-corrected chi connectivity index (χ2v) is 10.0. The van der Waals surface area contributed by atoms with E-state index >= 15 is 0 Å². The second kappa shape index (κ2) is 8.65. The number of phenols is 1. The van der Waals surface area contributed by atoms with E-state index < -0.39 is 21.5 Å². The van der Waals surface area contributed by atoms with Crippen LogP contribution in [0, 0.1) is 12.7 Å². The number of rotatable bonds is 5. The van der Waals surface area contributed by atoms with Gasteiger partial charge in [-0.3, -0.25) is 0 Å². The minimum Gasteiger partial charge on any atom is -0.507 e. The van der Waals surface area contributed by atoms with Crippen LogP contribution in [0.4, 0.5) is 4.39 Å². The number of hydrogen-bond donors (Lipinski definition) is 2. The van der Waals surface area contributed by atoms with Gasteiger partial charge in [-0.2, -0.15) is 4.31 Å². The van der Waals surface area contributed by atoms with Gasteiger partial charge < -0.3 is 14.4 Å². The maximum atomic E-state index is 14.1. The maximum absolute atomic E-state index is 14.1. The Balaban J connectivity index is 1.59. The van der Waals surface area contributed by atoms with E-state index in [1.54, 1.807) is 0 Å². The number of nitrogens with zero attached hydrogens (tertiary/aromatic N) is 1. The zero-order valence-electron chi connectivity index (χ0n) is 18.0.